The molecule has 7 nitrogen and oxygen atoms in total. The van der Waals surface area contributed by atoms with Gasteiger partial charge in [0.25, 0.3) is 5.91 Å². The number of aromatic nitrogens is 4. The quantitative estimate of drug-likeness (QED) is 0.886. The van der Waals surface area contributed by atoms with Gasteiger partial charge in [0.05, 0.1) is 6.04 Å². The van der Waals surface area contributed by atoms with Gasteiger partial charge in [0.1, 0.15) is 17.8 Å². The van der Waals surface area contributed by atoms with Crippen molar-refractivity contribution in [2.45, 2.75) is 19.9 Å². The molecule has 0 bridgehead atoms. The number of aryl methyl sites for hydroxylation is 2. The zero-order valence-corrected chi connectivity index (χ0v) is 12.4. The van der Waals surface area contributed by atoms with Crippen LogP contribution < -0.4 is 10.2 Å². The molecule has 3 rings (SSSR count). The Morgan fingerprint density at radius 1 is 1.33 bits per heavy atom. The third kappa shape index (κ3) is 2.58. The number of hydrogen-bond acceptors (Lipinski definition) is 5. The smallest absolute Gasteiger partial charge is 0.272 e. The Hall–Kier alpha value is -2.44. The van der Waals surface area contributed by atoms with E-state index in [-0.39, 0.29) is 11.9 Å². The molecule has 0 aromatic carbocycles. The standard InChI is InChI=1S/C14H18N6O/c1-9-10(2)15-8-16-13(9)20-6-11(7-20)17-14(21)12-4-5-19(3)18-12/h4-5,8,11H,6-7H2,1-3H3,(H,17,21). The van der Waals surface area contributed by atoms with Crippen LogP contribution in [0.2, 0.25) is 0 Å². The average molecular weight is 286 g/mol. The number of nitrogens with zero attached hydrogens (tertiary/aromatic N) is 5. The topological polar surface area (TPSA) is 75.9 Å². The zero-order valence-electron chi connectivity index (χ0n) is 12.4. The van der Waals surface area contributed by atoms with Gasteiger partial charge in [0.2, 0.25) is 0 Å². The van der Waals surface area contributed by atoms with E-state index in [1.165, 1.54) is 0 Å². The lowest BCUT2D eigenvalue weighted by Gasteiger charge is -2.41. The lowest BCUT2D eigenvalue weighted by atomic mass is 10.1. The van der Waals surface area contributed by atoms with Crippen molar-refractivity contribution in [2.75, 3.05) is 18.0 Å². The zero-order chi connectivity index (χ0) is 15.0. The fourth-order valence-electron chi connectivity index (χ4n) is 2.38. The maximum atomic E-state index is 12.0. The fourth-order valence-corrected chi connectivity index (χ4v) is 2.38. The second kappa shape index (κ2) is 5.16. The van der Waals surface area contributed by atoms with Crippen molar-refractivity contribution < 1.29 is 4.79 Å². The van der Waals surface area contributed by atoms with Crippen LogP contribution in [0, 0.1) is 13.8 Å². The van der Waals surface area contributed by atoms with E-state index in [0.717, 1.165) is 30.2 Å². The van der Waals surface area contributed by atoms with E-state index in [0.29, 0.717) is 5.69 Å². The van der Waals surface area contributed by atoms with E-state index >= 15 is 0 Å². The van der Waals surface area contributed by atoms with Crippen LogP contribution in [-0.2, 0) is 7.05 Å². The molecule has 7 heteroatoms. The molecule has 110 valence electrons. The van der Waals surface area contributed by atoms with Crippen molar-refractivity contribution in [3.05, 3.63) is 35.5 Å². The summed E-state index contributed by atoms with van der Waals surface area (Å²) in [6.07, 6.45) is 3.34. The fraction of sp³-hybridized carbons (Fsp3) is 0.429. The number of amides is 1. The number of carbonyl (C=O) groups excluding carboxylic acids is 1. The summed E-state index contributed by atoms with van der Waals surface area (Å²) in [5.41, 5.74) is 2.53. The highest BCUT2D eigenvalue weighted by atomic mass is 16.2. The van der Waals surface area contributed by atoms with E-state index in [4.69, 9.17) is 0 Å². The molecular formula is C14H18N6O. The third-order valence-electron chi connectivity index (χ3n) is 3.77. The molecule has 1 aliphatic heterocycles. The summed E-state index contributed by atoms with van der Waals surface area (Å²) in [5.74, 6) is 0.821. The molecule has 0 spiro atoms. The molecule has 3 heterocycles. The van der Waals surface area contributed by atoms with Gasteiger partial charge in [-0.2, -0.15) is 5.10 Å². The van der Waals surface area contributed by atoms with E-state index in [1.807, 2.05) is 13.8 Å². The van der Waals surface area contributed by atoms with Gasteiger partial charge in [-0.15, -0.1) is 0 Å². The first-order valence-electron chi connectivity index (χ1n) is 6.88. The number of nitrogens with one attached hydrogen (secondary N) is 1. The van der Waals surface area contributed by atoms with Gasteiger partial charge in [-0.3, -0.25) is 9.48 Å². The summed E-state index contributed by atoms with van der Waals surface area (Å²) >= 11 is 0. The van der Waals surface area contributed by atoms with Gasteiger partial charge in [0, 0.05) is 37.6 Å². The second-order valence-electron chi connectivity index (χ2n) is 5.36. The summed E-state index contributed by atoms with van der Waals surface area (Å²) in [7, 11) is 1.79. The Kier molecular flexibility index (Phi) is 3.32. The summed E-state index contributed by atoms with van der Waals surface area (Å²) in [6, 6.07) is 1.85. The molecule has 1 aliphatic rings. The highest BCUT2D eigenvalue weighted by Gasteiger charge is 2.30. The molecule has 2 aromatic heterocycles. The maximum Gasteiger partial charge on any atom is 0.272 e. The molecular weight excluding hydrogens is 268 g/mol. The van der Waals surface area contributed by atoms with Gasteiger partial charge >= 0.3 is 0 Å². The minimum Gasteiger partial charge on any atom is -0.352 e. The molecule has 0 radical (unpaired) electrons. The van der Waals surface area contributed by atoms with Gasteiger partial charge in [-0.1, -0.05) is 0 Å². The lowest BCUT2D eigenvalue weighted by Crippen LogP contribution is -2.60. The summed E-state index contributed by atoms with van der Waals surface area (Å²) in [5, 5.41) is 7.08. The third-order valence-corrected chi connectivity index (χ3v) is 3.77. The molecule has 1 fully saturated rings. The highest BCUT2D eigenvalue weighted by Crippen LogP contribution is 2.23. The summed E-state index contributed by atoms with van der Waals surface area (Å²) in [6.45, 7) is 5.51. The lowest BCUT2D eigenvalue weighted by molar-refractivity contribution is 0.0924. The predicted molar refractivity (Wildman–Crippen MR) is 78.2 cm³/mol. The Balaban J connectivity index is 1.59. The van der Waals surface area contributed by atoms with Gasteiger partial charge in [0.15, 0.2) is 0 Å². The predicted octanol–water partition coefficient (Wildman–Crippen LogP) is 0.446. The summed E-state index contributed by atoms with van der Waals surface area (Å²) in [4.78, 5) is 22.6. The van der Waals surface area contributed by atoms with Gasteiger partial charge < -0.3 is 10.2 Å². The van der Waals surface area contributed by atoms with Crippen molar-refractivity contribution in [3.8, 4) is 0 Å². The SMILES string of the molecule is Cc1ncnc(N2CC(NC(=O)c3ccn(C)n3)C2)c1C. The normalized spacial score (nSPS) is 14.9. The largest absolute Gasteiger partial charge is 0.352 e. The Morgan fingerprint density at radius 2 is 2.10 bits per heavy atom. The van der Waals surface area contributed by atoms with Crippen LogP contribution in [0.5, 0.6) is 0 Å². The maximum absolute atomic E-state index is 12.0. The van der Waals surface area contributed by atoms with Gasteiger partial charge in [-0.25, -0.2) is 9.97 Å². The van der Waals surface area contributed by atoms with Crippen molar-refractivity contribution in [1.82, 2.24) is 25.1 Å². The second-order valence-corrected chi connectivity index (χ2v) is 5.36. The molecule has 1 saturated heterocycles. The monoisotopic (exact) mass is 286 g/mol. The first-order chi connectivity index (χ1) is 10.0. The average Bonchev–Trinajstić information content (AvgIpc) is 2.84. The molecule has 21 heavy (non-hydrogen) atoms. The van der Waals surface area contributed by atoms with Crippen LogP contribution in [0.15, 0.2) is 18.6 Å². The minimum atomic E-state index is -0.129. The van der Waals surface area contributed by atoms with Crippen LogP contribution in [0.1, 0.15) is 21.7 Å². The van der Waals surface area contributed by atoms with E-state index in [1.54, 1.807) is 30.3 Å². The Labute approximate surface area is 123 Å². The number of rotatable bonds is 3. The Bertz CT molecular complexity index is 674. The van der Waals surface area contributed by atoms with E-state index in [9.17, 15) is 4.79 Å². The van der Waals surface area contributed by atoms with E-state index in [2.05, 4.69) is 25.3 Å². The van der Waals surface area contributed by atoms with Crippen molar-refractivity contribution in [3.63, 3.8) is 0 Å². The Morgan fingerprint density at radius 3 is 2.76 bits per heavy atom. The molecule has 0 aliphatic carbocycles. The number of anilines is 1. The van der Waals surface area contributed by atoms with Crippen LogP contribution in [0.4, 0.5) is 5.82 Å². The summed E-state index contributed by atoms with van der Waals surface area (Å²) < 4.78 is 1.62. The molecule has 2 aromatic rings. The van der Waals surface area contributed by atoms with Crippen LogP contribution >= 0.6 is 0 Å². The van der Waals surface area contributed by atoms with Crippen LogP contribution in [-0.4, -0.2) is 44.8 Å². The minimum absolute atomic E-state index is 0.129. The molecule has 0 saturated carbocycles. The van der Waals surface area contributed by atoms with E-state index < -0.39 is 0 Å². The number of hydrogen-bond donors (Lipinski definition) is 1. The van der Waals surface area contributed by atoms with Crippen LogP contribution in [0.25, 0.3) is 0 Å². The molecule has 1 N–H and O–H groups in total. The van der Waals surface area contributed by atoms with Gasteiger partial charge in [-0.05, 0) is 19.9 Å². The first kappa shape index (κ1) is 13.5. The first-order valence-corrected chi connectivity index (χ1v) is 6.88. The van der Waals surface area contributed by atoms with Crippen LogP contribution in [0.3, 0.4) is 0 Å². The number of carbonyl (C=O) groups is 1. The van der Waals surface area contributed by atoms with Crippen molar-refractivity contribution in [1.29, 1.82) is 0 Å². The van der Waals surface area contributed by atoms with Crippen molar-refractivity contribution >= 4 is 11.7 Å². The molecule has 0 atom stereocenters. The highest BCUT2D eigenvalue weighted by molar-refractivity contribution is 5.92. The molecule has 0 unspecified atom stereocenters. The molecule has 1 amide bonds. The van der Waals surface area contributed by atoms with Crippen molar-refractivity contribution in [2.24, 2.45) is 7.05 Å².